The van der Waals surface area contributed by atoms with Gasteiger partial charge in [0.15, 0.2) is 11.5 Å². The molecule has 0 unspecified atom stereocenters. The third kappa shape index (κ3) is 3.55. The average Bonchev–Trinajstić information content (AvgIpc) is 3.24. The molecule has 0 saturated carbocycles. The van der Waals surface area contributed by atoms with Gasteiger partial charge in [-0.1, -0.05) is 24.3 Å². The van der Waals surface area contributed by atoms with Crippen LogP contribution in [0.4, 0.5) is 5.69 Å². The molecule has 0 fully saturated rings. The normalized spacial score (nSPS) is 15.7. The van der Waals surface area contributed by atoms with Gasteiger partial charge < -0.3 is 19.7 Å². The molecule has 1 amide bonds. The Morgan fingerprint density at radius 1 is 1.07 bits per heavy atom. The summed E-state index contributed by atoms with van der Waals surface area (Å²) in [6.07, 6.45) is -0.270. The molecule has 1 N–H and O–H groups in total. The number of carbonyl (C=O) groups excluding carboxylic acids is 1. The maximum absolute atomic E-state index is 12.5. The van der Waals surface area contributed by atoms with Gasteiger partial charge in [0.25, 0.3) is 5.91 Å². The second-order valence-corrected chi connectivity index (χ2v) is 7.54. The number of amides is 1. The number of hydrogen-bond donors (Lipinski definition) is 1. The molecule has 1 aliphatic heterocycles. The van der Waals surface area contributed by atoms with Gasteiger partial charge in [0.05, 0.1) is 17.9 Å². The summed E-state index contributed by atoms with van der Waals surface area (Å²) >= 11 is 1.66. The highest BCUT2D eigenvalue weighted by atomic mass is 32.1. The van der Waals surface area contributed by atoms with Gasteiger partial charge in [-0.05, 0) is 48.2 Å². The Morgan fingerprint density at radius 3 is 2.71 bits per heavy atom. The monoisotopic (exact) mass is 394 g/mol. The number of carbonyl (C=O) groups is 1. The van der Waals surface area contributed by atoms with Crippen molar-refractivity contribution in [3.63, 3.8) is 0 Å². The standard InChI is InChI=1S/C22H22N2O3S/c1-3-26-20-13-15(10-11-19(20)27-14-16-7-6-12-28-16)21-23-22(25)17-8-4-5-9-18(17)24(21)2/h4-13,21H,3,14H2,1-2H3,(H,23,25)/t21-/m0/s1. The molecular formula is C22H22N2O3S. The van der Waals surface area contributed by atoms with E-state index >= 15 is 0 Å². The van der Waals surface area contributed by atoms with Crippen LogP contribution >= 0.6 is 11.3 Å². The van der Waals surface area contributed by atoms with Crippen molar-refractivity contribution in [3.8, 4) is 11.5 Å². The molecule has 0 radical (unpaired) electrons. The van der Waals surface area contributed by atoms with E-state index in [1.807, 2.05) is 73.9 Å². The second-order valence-electron chi connectivity index (χ2n) is 6.51. The van der Waals surface area contributed by atoms with Crippen LogP contribution in [-0.2, 0) is 6.61 Å². The van der Waals surface area contributed by atoms with Crippen LogP contribution in [0.5, 0.6) is 11.5 Å². The van der Waals surface area contributed by atoms with E-state index in [0.717, 1.165) is 16.1 Å². The third-order valence-electron chi connectivity index (χ3n) is 4.72. The van der Waals surface area contributed by atoms with E-state index < -0.39 is 0 Å². The zero-order chi connectivity index (χ0) is 19.5. The van der Waals surface area contributed by atoms with Crippen LogP contribution in [0.2, 0.25) is 0 Å². The number of rotatable bonds is 6. The number of fused-ring (bicyclic) bond motifs is 1. The summed E-state index contributed by atoms with van der Waals surface area (Å²) in [5, 5.41) is 5.11. The van der Waals surface area contributed by atoms with Crippen LogP contribution in [0.25, 0.3) is 0 Å². The number of anilines is 1. The highest BCUT2D eigenvalue weighted by molar-refractivity contribution is 7.09. The van der Waals surface area contributed by atoms with Crippen molar-refractivity contribution in [3.05, 3.63) is 76.0 Å². The number of thiophene rings is 1. The predicted molar refractivity (Wildman–Crippen MR) is 111 cm³/mol. The molecule has 0 saturated heterocycles. The number of benzene rings is 2. The molecule has 1 atom stereocenters. The lowest BCUT2D eigenvalue weighted by molar-refractivity contribution is 0.0928. The SMILES string of the molecule is CCOc1cc([C@H]2NC(=O)c3ccccc3N2C)ccc1OCc1cccs1. The fourth-order valence-corrected chi connectivity index (χ4v) is 3.96. The number of nitrogens with one attached hydrogen (secondary N) is 1. The molecular weight excluding hydrogens is 372 g/mol. The lowest BCUT2D eigenvalue weighted by Crippen LogP contribution is -2.44. The zero-order valence-electron chi connectivity index (χ0n) is 15.8. The van der Waals surface area contributed by atoms with Gasteiger partial charge in [0.2, 0.25) is 0 Å². The molecule has 1 aromatic heterocycles. The zero-order valence-corrected chi connectivity index (χ0v) is 16.7. The van der Waals surface area contributed by atoms with E-state index in [0.29, 0.717) is 30.3 Å². The molecule has 2 aromatic carbocycles. The maximum Gasteiger partial charge on any atom is 0.255 e. The molecule has 0 bridgehead atoms. The lowest BCUT2D eigenvalue weighted by Gasteiger charge is -2.36. The fraction of sp³-hybridized carbons (Fsp3) is 0.227. The Kier molecular flexibility index (Phi) is 5.21. The van der Waals surface area contributed by atoms with E-state index in [4.69, 9.17) is 9.47 Å². The Bertz CT molecular complexity index is 972. The van der Waals surface area contributed by atoms with Gasteiger partial charge in [-0.3, -0.25) is 4.79 Å². The van der Waals surface area contributed by atoms with Crippen molar-refractivity contribution in [2.75, 3.05) is 18.6 Å². The molecule has 0 spiro atoms. The van der Waals surface area contributed by atoms with Crippen molar-refractivity contribution >= 4 is 22.9 Å². The summed E-state index contributed by atoms with van der Waals surface area (Å²) in [6.45, 7) is 2.99. The summed E-state index contributed by atoms with van der Waals surface area (Å²) < 4.78 is 11.8. The molecule has 0 aliphatic carbocycles. The van der Waals surface area contributed by atoms with E-state index in [1.165, 1.54) is 0 Å². The molecule has 5 nitrogen and oxygen atoms in total. The number of ether oxygens (including phenoxy) is 2. The first-order valence-corrected chi connectivity index (χ1v) is 10.1. The second kappa shape index (κ2) is 7.94. The van der Waals surface area contributed by atoms with Gasteiger partial charge in [-0.25, -0.2) is 0 Å². The molecule has 144 valence electrons. The van der Waals surface area contributed by atoms with Gasteiger partial charge >= 0.3 is 0 Å². The minimum Gasteiger partial charge on any atom is -0.490 e. The fourth-order valence-electron chi connectivity index (χ4n) is 3.34. The molecule has 6 heteroatoms. The van der Waals surface area contributed by atoms with Crippen LogP contribution in [0.1, 0.15) is 33.9 Å². The average molecular weight is 394 g/mol. The smallest absolute Gasteiger partial charge is 0.255 e. The Hall–Kier alpha value is -2.99. The molecule has 4 rings (SSSR count). The predicted octanol–water partition coefficient (Wildman–Crippen LogP) is 4.60. The summed E-state index contributed by atoms with van der Waals surface area (Å²) in [7, 11) is 1.98. The minimum atomic E-state index is -0.270. The highest BCUT2D eigenvalue weighted by Gasteiger charge is 2.29. The number of hydrogen-bond acceptors (Lipinski definition) is 5. The van der Waals surface area contributed by atoms with Crippen LogP contribution < -0.4 is 19.7 Å². The summed E-state index contributed by atoms with van der Waals surface area (Å²) in [5.41, 5.74) is 2.53. The minimum absolute atomic E-state index is 0.0744. The van der Waals surface area contributed by atoms with E-state index in [2.05, 4.69) is 10.2 Å². The van der Waals surface area contributed by atoms with Gasteiger partial charge in [-0.2, -0.15) is 0 Å². The molecule has 1 aliphatic rings. The third-order valence-corrected chi connectivity index (χ3v) is 5.57. The first-order chi connectivity index (χ1) is 13.7. The molecule has 28 heavy (non-hydrogen) atoms. The summed E-state index contributed by atoms with van der Waals surface area (Å²) in [5.74, 6) is 1.30. The first kappa shape index (κ1) is 18.4. The quantitative estimate of drug-likeness (QED) is 0.664. The molecule has 2 heterocycles. The lowest BCUT2D eigenvalue weighted by atomic mass is 10.0. The summed E-state index contributed by atoms with van der Waals surface area (Å²) in [4.78, 5) is 15.8. The Labute approximate surface area is 168 Å². The Balaban J connectivity index is 1.61. The van der Waals surface area contributed by atoms with Crippen LogP contribution in [0.3, 0.4) is 0 Å². The number of para-hydroxylation sites is 1. The molecule has 3 aromatic rings. The van der Waals surface area contributed by atoms with Crippen molar-refractivity contribution in [2.45, 2.75) is 19.7 Å². The van der Waals surface area contributed by atoms with E-state index in [9.17, 15) is 4.79 Å². The van der Waals surface area contributed by atoms with Gasteiger partial charge in [0, 0.05) is 11.9 Å². The maximum atomic E-state index is 12.5. The first-order valence-electron chi connectivity index (χ1n) is 9.22. The van der Waals surface area contributed by atoms with E-state index in [1.54, 1.807) is 11.3 Å². The van der Waals surface area contributed by atoms with Crippen molar-refractivity contribution < 1.29 is 14.3 Å². The number of nitrogens with zero attached hydrogens (tertiary/aromatic N) is 1. The van der Waals surface area contributed by atoms with Crippen LogP contribution in [0, 0.1) is 0 Å². The van der Waals surface area contributed by atoms with Crippen molar-refractivity contribution in [1.29, 1.82) is 0 Å². The highest BCUT2D eigenvalue weighted by Crippen LogP contribution is 2.36. The topological polar surface area (TPSA) is 50.8 Å². The van der Waals surface area contributed by atoms with Crippen LogP contribution in [-0.4, -0.2) is 19.6 Å². The van der Waals surface area contributed by atoms with Gasteiger partial charge in [0.1, 0.15) is 12.8 Å². The van der Waals surface area contributed by atoms with Gasteiger partial charge in [-0.15, -0.1) is 11.3 Å². The van der Waals surface area contributed by atoms with Crippen molar-refractivity contribution in [1.82, 2.24) is 5.32 Å². The van der Waals surface area contributed by atoms with Crippen molar-refractivity contribution in [2.24, 2.45) is 0 Å². The van der Waals surface area contributed by atoms with E-state index in [-0.39, 0.29) is 12.1 Å². The Morgan fingerprint density at radius 2 is 1.93 bits per heavy atom. The summed E-state index contributed by atoms with van der Waals surface area (Å²) in [6, 6.07) is 17.5. The van der Waals surface area contributed by atoms with Crippen LogP contribution in [0.15, 0.2) is 60.0 Å². The largest absolute Gasteiger partial charge is 0.490 e.